The fourth-order valence-electron chi connectivity index (χ4n) is 1.94. The van der Waals surface area contributed by atoms with E-state index in [1.165, 1.54) is 12.1 Å². The Kier molecular flexibility index (Phi) is 4.32. The zero-order valence-electron chi connectivity index (χ0n) is 10.9. The summed E-state index contributed by atoms with van der Waals surface area (Å²) >= 11 is 0. The molecule has 1 aromatic carbocycles. The first-order valence-electron chi connectivity index (χ1n) is 6.24. The highest BCUT2D eigenvalue weighted by Gasteiger charge is 2.23. The van der Waals surface area contributed by atoms with Crippen molar-refractivity contribution in [3.05, 3.63) is 41.2 Å². The Hall–Kier alpha value is -2.70. The monoisotopic (exact) mass is 292 g/mol. The lowest BCUT2D eigenvalue weighted by Gasteiger charge is -2.10. The first kappa shape index (κ1) is 14.7. The molecule has 0 bridgehead atoms. The summed E-state index contributed by atoms with van der Waals surface area (Å²) in [5.41, 5.74) is 0.186. The molecule has 7 heteroatoms. The van der Waals surface area contributed by atoms with Gasteiger partial charge in [-0.15, -0.1) is 0 Å². The van der Waals surface area contributed by atoms with Crippen molar-refractivity contribution in [2.24, 2.45) is 0 Å². The van der Waals surface area contributed by atoms with Gasteiger partial charge in [0.25, 0.3) is 5.91 Å². The first-order chi connectivity index (χ1) is 9.95. The number of carboxylic acid groups (broad SMARTS) is 1. The SMILES string of the molecule is O=C(O)/C=C/c1ccc(C(=O)NC2CNC(=O)C2)cc1F. The van der Waals surface area contributed by atoms with E-state index >= 15 is 0 Å². The summed E-state index contributed by atoms with van der Waals surface area (Å²) < 4.78 is 13.7. The van der Waals surface area contributed by atoms with E-state index in [4.69, 9.17) is 5.11 Å². The van der Waals surface area contributed by atoms with E-state index in [2.05, 4.69) is 10.6 Å². The molecule has 1 heterocycles. The molecule has 0 spiro atoms. The van der Waals surface area contributed by atoms with Crippen LogP contribution in [-0.4, -0.2) is 35.5 Å². The standard InChI is InChI=1S/C14H13FN2O4/c15-11-5-9(2-1-8(11)3-4-13(19)20)14(21)17-10-6-12(18)16-7-10/h1-5,10H,6-7H2,(H,16,18)(H,17,21)(H,19,20)/b4-3+. The van der Waals surface area contributed by atoms with Gasteiger partial charge >= 0.3 is 5.97 Å². The number of benzene rings is 1. The third-order valence-electron chi connectivity index (χ3n) is 2.98. The second kappa shape index (κ2) is 6.17. The maximum absolute atomic E-state index is 13.7. The molecule has 1 aliphatic rings. The Morgan fingerprint density at radius 3 is 2.76 bits per heavy atom. The third kappa shape index (κ3) is 3.88. The van der Waals surface area contributed by atoms with Gasteiger partial charge in [-0.3, -0.25) is 9.59 Å². The minimum atomic E-state index is -1.19. The van der Waals surface area contributed by atoms with E-state index in [1.807, 2.05) is 0 Å². The molecule has 0 aromatic heterocycles. The molecule has 1 atom stereocenters. The number of amides is 2. The highest BCUT2D eigenvalue weighted by atomic mass is 19.1. The van der Waals surface area contributed by atoms with Gasteiger partial charge in [-0.1, -0.05) is 6.07 Å². The van der Waals surface area contributed by atoms with Gasteiger partial charge in [-0.05, 0) is 18.2 Å². The molecule has 0 saturated carbocycles. The lowest BCUT2D eigenvalue weighted by atomic mass is 10.1. The molecule has 3 N–H and O–H groups in total. The van der Waals surface area contributed by atoms with E-state index in [1.54, 1.807) is 0 Å². The summed E-state index contributed by atoms with van der Waals surface area (Å²) in [6, 6.07) is 3.44. The maximum atomic E-state index is 13.7. The van der Waals surface area contributed by atoms with Gasteiger partial charge in [-0.25, -0.2) is 9.18 Å². The topological polar surface area (TPSA) is 95.5 Å². The number of carboxylic acids is 1. The predicted octanol–water partition coefficient (Wildman–Crippen LogP) is 0.542. The lowest BCUT2D eigenvalue weighted by Crippen LogP contribution is -2.36. The van der Waals surface area contributed by atoms with Crippen LogP contribution in [0.2, 0.25) is 0 Å². The first-order valence-corrected chi connectivity index (χ1v) is 6.24. The second-order valence-corrected chi connectivity index (χ2v) is 4.59. The maximum Gasteiger partial charge on any atom is 0.328 e. The van der Waals surface area contributed by atoms with Crippen molar-refractivity contribution in [2.45, 2.75) is 12.5 Å². The quantitative estimate of drug-likeness (QED) is 0.706. The van der Waals surface area contributed by atoms with Crippen LogP contribution in [0.5, 0.6) is 0 Å². The van der Waals surface area contributed by atoms with Crippen LogP contribution >= 0.6 is 0 Å². The minimum absolute atomic E-state index is 0.0756. The summed E-state index contributed by atoms with van der Waals surface area (Å²) in [7, 11) is 0. The Morgan fingerprint density at radius 1 is 1.43 bits per heavy atom. The van der Waals surface area contributed by atoms with Crippen LogP contribution in [0, 0.1) is 5.82 Å². The Balaban J connectivity index is 2.07. The number of aliphatic carboxylic acids is 1. The Morgan fingerprint density at radius 2 is 2.19 bits per heavy atom. The smallest absolute Gasteiger partial charge is 0.328 e. The van der Waals surface area contributed by atoms with E-state index in [0.29, 0.717) is 6.54 Å². The Bertz CT molecular complexity index is 627. The van der Waals surface area contributed by atoms with Crippen LogP contribution in [0.15, 0.2) is 24.3 Å². The highest BCUT2D eigenvalue weighted by Crippen LogP contribution is 2.13. The van der Waals surface area contributed by atoms with Gasteiger partial charge in [-0.2, -0.15) is 0 Å². The van der Waals surface area contributed by atoms with Crippen molar-refractivity contribution in [2.75, 3.05) is 6.54 Å². The average molecular weight is 292 g/mol. The predicted molar refractivity (Wildman–Crippen MR) is 72.0 cm³/mol. The van der Waals surface area contributed by atoms with Crippen LogP contribution in [0.25, 0.3) is 6.08 Å². The molecule has 1 aliphatic heterocycles. The van der Waals surface area contributed by atoms with Crippen LogP contribution in [0.3, 0.4) is 0 Å². The summed E-state index contributed by atoms with van der Waals surface area (Å²) in [6.07, 6.45) is 2.13. The average Bonchev–Trinajstić information content (AvgIpc) is 2.82. The van der Waals surface area contributed by atoms with E-state index < -0.39 is 17.7 Å². The molecule has 1 saturated heterocycles. The molecule has 21 heavy (non-hydrogen) atoms. The van der Waals surface area contributed by atoms with Crippen LogP contribution in [0.1, 0.15) is 22.3 Å². The summed E-state index contributed by atoms with van der Waals surface area (Å²) in [6.45, 7) is 0.354. The molecule has 6 nitrogen and oxygen atoms in total. The van der Waals surface area contributed by atoms with Gasteiger partial charge in [0.2, 0.25) is 5.91 Å². The molecule has 1 unspecified atom stereocenters. The fraction of sp³-hybridized carbons (Fsp3) is 0.214. The number of carbonyl (C=O) groups excluding carboxylic acids is 2. The van der Waals surface area contributed by atoms with Crippen LogP contribution in [-0.2, 0) is 9.59 Å². The molecule has 0 radical (unpaired) electrons. The van der Waals surface area contributed by atoms with E-state index in [9.17, 15) is 18.8 Å². The number of hydrogen-bond acceptors (Lipinski definition) is 3. The summed E-state index contributed by atoms with van der Waals surface area (Å²) in [5.74, 6) is -2.50. The zero-order valence-corrected chi connectivity index (χ0v) is 10.9. The molecule has 2 amide bonds. The molecule has 2 rings (SSSR count). The van der Waals surface area contributed by atoms with E-state index in [-0.39, 0.29) is 29.5 Å². The number of halogens is 1. The van der Waals surface area contributed by atoms with Gasteiger partial charge in [0.15, 0.2) is 0 Å². The van der Waals surface area contributed by atoms with Gasteiger partial charge < -0.3 is 15.7 Å². The molecule has 0 aliphatic carbocycles. The van der Waals surface area contributed by atoms with Crippen LogP contribution < -0.4 is 10.6 Å². The van der Waals surface area contributed by atoms with Crippen molar-refractivity contribution in [1.29, 1.82) is 0 Å². The van der Waals surface area contributed by atoms with Crippen LogP contribution in [0.4, 0.5) is 4.39 Å². The molecular weight excluding hydrogens is 279 g/mol. The fourth-order valence-corrected chi connectivity index (χ4v) is 1.94. The van der Waals surface area contributed by atoms with Gasteiger partial charge in [0, 0.05) is 30.2 Å². The number of rotatable bonds is 4. The number of carbonyl (C=O) groups is 3. The normalized spacial score (nSPS) is 17.8. The van der Waals surface area contributed by atoms with Crippen molar-refractivity contribution < 1.29 is 23.9 Å². The lowest BCUT2D eigenvalue weighted by molar-refractivity contribution is -0.131. The summed E-state index contributed by atoms with van der Waals surface area (Å²) in [4.78, 5) is 33.3. The zero-order chi connectivity index (χ0) is 15.4. The molecule has 110 valence electrons. The van der Waals surface area contributed by atoms with Gasteiger partial charge in [0.05, 0.1) is 6.04 Å². The van der Waals surface area contributed by atoms with E-state index in [0.717, 1.165) is 18.2 Å². The molecular formula is C14H13FN2O4. The van der Waals surface area contributed by atoms with Crippen molar-refractivity contribution in [3.8, 4) is 0 Å². The molecule has 1 aromatic rings. The van der Waals surface area contributed by atoms with Crippen molar-refractivity contribution >= 4 is 23.9 Å². The highest BCUT2D eigenvalue weighted by molar-refractivity contribution is 5.95. The van der Waals surface area contributed by atoms with Crippen molar-refractivity contribution in [3.63, 3.8) is 0 Å². The number of hydrogen-bond donors (Lipinski definition) is 3. The van der Waals surface area contributed by atoms with Gasteiger partial charge in [0.1, 0.15) is 5.82 Å². The largest absolute Gasteiger partial charge is 0.478 e. The minimum Gasteiger partial charge on any atom is -0.478 e. The molecule has 1 fully saturated rings. The van der Waals surface area contributed by atoms with Crippen molar-refractivity contribution in [1.82, 2.24) is 10.6 Å². The number of nitrogens with one attached hydrogen (secondary N) is 2. The Labute approximate surface area is 119 Å². The second-order valence-electron chi connectivity index (χ2n) is 4.59. The summed E-state index contributed by atoms with van der Waals surface area (Å²) in [5, 5.41) is 13.7. The third-order valence-corrected chi connectivity index (χ3v) is 2.98.